The number of benzene rings is 2. The Morgan fingerprint density at radius 1 is 0.966 bits per heavy atom. The summed E-state index contributed by atoms with van der Waals surface area (Å²) in [6.45, 7) is 0. The second kappa shape index (κ2) is 6.08. The lowest BCUT2D eigenvalue weighted by atomic mass is 9.61. The van der Waals surface area contributed by atoms with E-state index in [1.807, 2.05) is 12.3 Å². The molecule has 0 aliphatic heterocycles. The molecular weight excluding hydrogens is 356 g/mol. The van der Waals surface area contributed by atoms with Crippen molar-refractivity contribution in [2.45, 2.75) is 24.7 Å². The number of pyridine rings is 1. The minimum Gasteiger partial charge on any atom is -0.496 e. The lowest BCUT2D eigenvalue weighted by Gasteiger charge is -2.43. The fourth-order valence-electron chi connectivity index (χ4n) is 5.23. The monoisotopic (exact) mass is 378 g/mol. The van der Waals surface area contributed by atoms with E-state index in [1.54, 1.807) is 7.11 Å². The molecule has 0 amide bonds. The van der Waals surface area contributed by atoms with Crippen LogP contribution in [0.25, 0.3) is 28.4 Å². The number of fused-ring (bicyclic) bond motifs is 3. The molecule has 1 fully saturated rings. The molecule has 3 heteroatoms. The van der Waals surface area contributed by atoms with Gasteiger partial charge in [-0.05, 0) is 60.4 Å². The lowest BCUT2D eigenvalue weighted by Crippen LogP contribution is -2.34. The van der Waals surface area contributed by atoms with E-state index >= 15 is 0 Å². The van der Waals surface area contributed by atoms with E-state index in [9.17, 15) is 0 Å². The molecule has 29 heavy (non-hydrogen) atoms. The third kappa shape index (κ3) is 2.21. The van der Waals surface area contributed by atoms with Crippen molar-refractivity contribution >= 4 is 22.6 Å². The number of nitrogens with zero attached hydrogens (tertiary/aromatic N) is 2. The summed E-state index contributed by atoms with van der Waals surface area (Å²) in [6, 6.07) is 23.4. The fourth-order valence-corrected chi connectivity index (χ4v) is 5.23. The average Bonchev–Trinajstić information content (AvgIpc) is 3.30. The van der Waals surface area contributed by atoms with E-state index < -0.39 is 0 Å². The van der Waals surface area contributed by atoms with Gasteiger partial charge in [0.05, 0.1) is 18.3 Å². The summed E-state index contributed by atoms with van der Waals surface area (Å²) in [5, 5.41) is 1.24. The number of para-hydroxylation sites is 1. The Bertz CT molecular complexity index is 1260. The van der Waals surface area contributed by atoms with E-state index in [4.69, 9.17) is 4.74 Å². The molecule has 0 N–H and O–H groups in total. The number of ether oxygens (including phenoxy) is 1. The highest BCUT2D eigenvalue weighted by Gasteiger charge is 2.49. The van der Waals surface area contributed by atoms with Crippen LogP contribution in [-0.2, 0) is 5.41 Å². The van der Waals surface area contributed by atoms with Gasteiger partial charge in [0.2, 0.25) is 0 Å². The summed E-state index contributed by atoms with van der Waals surface area (Å²) in [7, 11) is 1.78. The molecule has 4 aromatic rings. The topological polar surface area (TPSA) is 27.1 Å². The summed E-state index contributed by atoms with van der Waals surface area (Å²) in [5.41, 5.74) is 6.52. The highest BCUT2D eigenvalue weighted by molar-refractivity contribution is 5.99. The van der Waals surface area contributed by atoms with Gasteiger partial charge in [-0.2, -0.15) is 0 Å². The number of methoxy groups -OCH3 is 1. The Hall–Kier alpha value is -3.33. The summed E-state index contributed by atoms with van der Waals surface area (Å²) in [5.74, 6) is 1.97. The highest BCUT2D eigenvalue weighted by atomic mass is 16.5. The molecule has 2 aromatic carbocycles. The first kappa shape index (κ1) is 16.6. The Labute approximate surface area is 170 Å². The van der Waals surface area contributed by atoms with Gasteiger partial charge in [-0.3, -0.25) is 4.57 Å². The Morgan fingerprint density at radius 2 is 1.83 bits per heavy atom. The molecule has 6 rings (SSSR count). The van der Waals surface area contributed by atoms with E-state index in [0.717, 1.165) is 24.4 Å². The first-order valence-corrected chi connectivity index (χ1v) is 10.2. The zero-order valence-electron chi connectivity index (χ0n) is 16.4. The minimum absolute atomic E-state index is 0.0445. The maximum absolute atomic E-state index is 5.79. The van der Waals surface area contributed by atoms with Crippen molar-refractivity contribution < 1.29 is 4.74 Å². The predicted molar refractivity (Wildman–Crippen MR) is 117 cm³/mol. The number of hydrogen-bond acceptors (Lipinski definition) is 2. The van der Waals surface area contributed by atoms with Gasteiger partial charge in [0, 0.05) is 22.6 Å². The molecule has 0 unspecified atom stereocenters. The van der Waals surface area contributed by atoms with Crippen molar-refractivity contribution in [3.8, 4) is 11.6 Å². The molecule has 2 aliphatic rings. The van der Waals surface area contributed by atoms with Crippen molar-refractivity contribution in [2.75, 3.05) is 7.11 Å². The SMILES string of the molecule is COc1cccc2c1C1(CCC1)C(c1cc3ccccc3n1-c1ccccn1)=C2. The molecule has 0 atom stereocenters. The minimum atomic E-state index is 0.0445. The van der Waals surface area contributed by atoms with Gasteiger partial charge in [0.25, 0.3) is 0 Å². The van der Waals surface area contributed by atoms with E-state index in [-0.39, 0.29) is 5.41 Å². The van der Waals surface area contributed by atoms with Crippen LogP contribution in [0.15, 0.2) is 72.9 Å². The van der Waals surface area contributed by atoms with Gasteiger partial charge in [0.15, 0.2) is 0 Å². The molecular formula is C26H22N2O. The van der Waals surface area contributed by atoms with Crippen LogP contribution >= 0.6 is 0 Å². The highest BCUT2D eigenvalue weighted by Crippen LogP contribution is 2.60. The summed E-state index contributed by atoms with van der Waals surface area (Å²) in [6.07, 6.45) is 7.82. The van der Waals surface area contributed by atoms with Crippen LogP contribution in [0.4, 0.5) is 0 Å². The van der Waals surface area contributed by atoms with Crippen molar-refractivity contribution in [2.24, 2.45) is 0 Å². The molecule has 0 radical (unpaired) electrons. The standard InChI is InChI=1S/C26H22N2O/c1-29-23-11-6-9-19-16-20(26(25(19)23)13-7-14-26)22-17-18-8-2-3-10-21(18)28(22)24-12-4-5-15-27-24/h2-6,8-12,15-17H,7,13-14H2,1H3. The second-order valence-corrected chi connectivity index (χ2v) is 8.03. The average molecular weight is 378 g/mol. The maximum Gasteiger partial charge on any atom is 0.137 e. The summed E-state index contributed by atoms with van der Waals surface area (Å²) >= 11 is 0. The van der Waals surface area contributed by atoms with E-state index in [2.05, 4.69) is 76.3 Å². The Kier molecular flexibility index (Phi) is 3.48. The number of rotatable bonds is 3. The molecule has 2 heterocycles. The van der Waals surface area contributed by atoms with Crippen molar-refractivity contribution in [1.82, 2.24) is 9.55 Å². The molecule has 3 nitrogen and oxygen atoms in total. The lowest BCUT2D eigenvalue weighted by molar-refractivity contribution is 0.313. The van der Waals surface area contributed by atoms with Gasteiger partial charge >= 0.3 is 0 Å². The molecule has 1 saturated carbocycles. The van der Waals surface area contributed by atoms with Gasteiger partial charge in [-0.1, -0.05) is 42.8 Å². The van der Waals surface area contributed by atoms with Crippen LogP contribution in [0.3, 0.4) is 0 Å². The smallest absolute Gasteiger partial charge is 0.137 e. The van der Waals surface area contributed by atoms with E-state index in [0.29, 0.717) is 0 Å². The summed E-state index contributed by atoms with van der Waals surface area (Å²) < 4.78 is 8.11. The van der Waals surface area contributed by atoms with Gasteiger partial charge in [-0.15, -0.1) is 0 Å². The zero-order chi connectivity index (χ0) is 19.4. The first-order chi connectivity index (χ1) is 14.3. The van der Waals surface area contributed by atoms with Crippen molar-refractivity contribution in [1.29, 1.82) is 0 Å². The summed E-state index contributed by atoms with van der Waals surface area (Å²) in [4.78, 5) is 4.69. The third-order valence-electron chi connectivity index (χ3n) is 6.64. The maximum atomic E-state index is 5.79. The molecule has 142 valence electrons. The van der Waals surface area contributed by atoms with Crippen LogP contribution in [0.2, 0.25) is 0 Å². The van der Waals surface area contributed by atoms with Crippen LogP contribution < -0.4 is 4.74 Å². The molecule has 0 bridgehead atoms. The van der Waals surface area contributed by atoms with Crippen LogP contribution in [-0.4, -0.2) is 16.7 Å². The molecule has 1 spiro atoms. The normalized spacial score (nSPS) is 16.5. The third-order valence-corrected chi connectivity index (χ3v) is 6.64. The number of aromatic nitrogens is 2. The number of hydrogen-bond donors (Lipinski definition) is 0. The van der Waals surface area contributed by atoms with Crippen molar-refractivity contribution in [3.05, 3.63) is 89.7 Å². The molecule has 2 aromatic heterocycles. The number of allylic oxidation sites excluding steroid dienone is 1. The van der Waals surface area contributed by atoms with Crippen LogP contribution in [0.1, 0.15) is 36.1 Å². The van der Waals surface area contributed by atoms with Crippen LogP contribution in [0, 0.1) is 0 Å². The van der Waals surface area contributed by atoms with Crippen molar-refractivity contribution in [3.63, 3.8) is 0 Å². The zero-order valence-corrected chi connectivity index (χ0v) is 16.4. The predicted octanol–water partition coefficient (Wildman–Crippen LogP) is 6.01. The van der Waals surface area contributed by atoms with Gasteiger partial charge < -0.3 is 4.74 Å². The van der Waals surface area contributed by atoms with Gasteiger partial charge in [-0.25, -0.2) is 4.98 Å². The Balaban J connectivity index is 1.64. The molecule has 0 saturated heterocycles. The molecule has 2 aliphatic carbocycles. The first-order valence-electron chi connectivity index (χ1n) is 10.2. The quantitative estimate of drug-likeness (QED) is 0.436. The largest absolute Gasteiger partial charge is 0.496 e. The second-order valence-electron chi connectivity index (χ2n) is 8.03. The fraction of sp³-hybridized carbons (Fsp3) is 0.192. The van der Waals surface area contributed by atoms with E-state index in [1.165, 1.54) is 39.7 Å². The van der Waals surface area contributed by atoms with Crippen LogP contribution in [0.5, 0.6) is 5.75 Å². The Morgan fingerprint density at radius 3 is 2.59 bits per heavy atom. The van der Waals surface area contributed by atoms with Gasteiger partial charge in [0.1, 0.15) is 11.6 Å².